The van der Waals surface area contributed by atoms with Crippen molar-refractivity contribution in [1.29, 1.82) is 0 Å². The number of sulfonamides is 1. The van der Waals surface area contributed by atoms with Gasteiger partial charge in [-0.3, -0.25) is 9.10 Å². The number of benzene rings is 4. The number of halogens is 3. The van der Waals surface area contributed by atoms with Crippen molar-refractivity contribution < 1.29 is 17.9 Å². The third-order valence-corrected chi connectivity index (χ3v) is 8.04. The number of amides is 1. The Morgan fingerprint density at radius 2 is 1.57 bits per heavy atom. The summed E-state index contributed by atoms with van der Waals surface area (Å²) in [6, 6.07) is 24.4. The monoisotopic (exact) mass is 574 g/mol. The summed E-state index contributed by atoms with van der Waals surface area (Å²) in [5.74, 6) is 0.271. The molecule has 0 bridgehead atoms. The summed E-state index contributed by atoms with van der Waals surface area (Å²) >= 11 is 18.4. The molecule has 0 aliphatic heterocycles. The molecule has 0 aliphatic carbocycles. The van der Waals surface area contributed by atoms with Crippen LogP contribution >= 0.6 is 34.8 Å². The fraction of sp³-hybridized carbons (Fsp3) is 0.0741. The van der Waals surface area contributed by atoms with Gasteiger partial charge in [-0.2, -0.15) is 0 Å². The van der Waals surface area contributed by atoms with Crippen LogP contribution in [0.15, 0.2) is 95.9 Å². The van der Waals surface area contributed by atoms with Gasteiger partial charge in [-0.15, -0.1) is 0 Å². The highest BCUT2D eigenvalue weighted by molar-refractivity contribution is 7.92. The van der Waals surface area contributed by atoms with E-state index >= 15 is 0 Å². The lowest BCUT2D eigenvalue weighted by atomic mass is 10.2. The number of ether oxygens (including phenoxy) is 1. The van der Waals surface area contributed by atoms with Crippen LogP contribution in [-0.4, -0.2) is 20.9 Å². The number of rotatable bonds is 8. The minimum atomic E-state index is -4.14. The van der Waals surface area contributed by atoms with Gasteiger partial charge in [0.2, 0.25) is 5.91 Å². The van der Waals surface area contributed by atoms with Crippen molar-refractivity contribution in [2.45, 2.75) is 11.8 Å². The van der Waals surface area contributed by atoms with Gasteiger partial charge in [0.1, 0.15) is 12.3 Å². The van der Waals surface area contributed by atoms with Crippen LogP contribution in [0.5, 0.6) is 11.5 Å². The summed E-state index contributed by atoms with van der Waals surface area (Å²) < 4.78 is 34.1. The minimum Gasteiger partial charge on any atom is -0.455 e. The zero-order valence-electron chi connectivity index (χ0n) is 19.5. The Kier molecular flexibility index (Phi) is 8.29. The highest BCUT2D eigenvalue weighted by Gasteiger charge is 2.28. The Morgan fingerprint density at radius 1 is 0.865 bits per heavy atom. The van der Waals surface area contributed by atoms with E-state index < -0.39 is 22.5 Å². The molecule has 190 valence electrons. The number of anilines is 2. The van der Waals surface area contributed by atoms with Gasteiger partial charge in [0.25, 0.3) is 10.0 Å². The Labute approximate surface area is 230 Å². The van der Waals surface area contributed by atoms with E-state index in [0.717, 1.165) is 9.87 Å². The van der Waals surface area contributed by atoms with Crippen molar-refractivity contribution >= 4 is 62.1 Å². The van der Waals surface area contributed by atoms with Crippen molar-refractivity contribution in [3.63, 3.8) is 0 Å². The molecule has 0 unspecified atom stereocenters. The Balaban J connectivity index is 1.66. The number of para-hydroxylation sites is 1. The third-order valence-electron chi connectivity index (χ3n) is 5.27. The topological polar surface area (TPSA) is 75.7 Å². The molecule has 0 aromatic heterocycles. The number of nitrogens with zero attached hydrogens (tertiary/aromatic N) is 1. The van der Waals surface area contributed by atoms with Gasteiger partial charge in [-0.05, 0) is 67.6 Å². The molecule has 0 spiro atoms. The summed E-state index contributed by atoms with van der Waals surface area (Å²) in [6.07, 6.45) is 0. The first-order valence-corrected chi connectivity index (χ1v) is 13.6. The van der Waals surface area contributed by atoms with E-state index in [0.29, 0.717) is 16.5 Å². The summed E-state index contributed by atoms with van der Waals surface area (Å²) in [5, 5.41) is 3.49. The lowest BCUT2D eigenvalue weighted by molar-refractivity contribution is -0.114. The average molecular weight is 576 g/mol. The van der Waals surface area contributed by atoms with Gasteiger partial charge in [0.05, 0.1) is 26.3 Å². The Morgan fingerprint density at radius 3 is 2.24 bits per heavy atom. The van der Waals surface area contributed by atoms with E-state index in [-0.39, 0.29) is 26.3 Å². The highest BCUT2D eigenvalue weighted by Crippen LogP contribution is 2.33. The molecule has 0 saturated carbocycles. The van der Waals surface area contributed by atoms with Crippen LogP contribution in [0.1, 0.15) is 5.56 Å². The molecule has 0 atom stereocenters. The Hall–Kier alpha value is -3.23. The van der Waals surface area contributed by atoms with Crippen LogP contribution < -0.4 is 14.4 Å². The maximum Gasteiger partial charge on any atom is 0.264 e. The van der Waals surface area contributed by atoms with Gasteiger partial charge in [0, 0.05) is 5.02 Å². The van der Waals surface area contributed by atoms with Crippen LogP contribution in [0.3, 0.4) is 0 Å². The normalized spacial score (nSPS) is 11.1. The van der Waals surface area contributed by atoms with E-state index in [1.807, 2.05) is 25.1 Å². The molecule has 0 heterocycles. The highest BCUT2D eigenvalue weighted by atomic mass is 35.5. The van der Waals surface area contributed by atoms with E-state index in [4.69, 9.17) is 39.5 Å². The van der Waals surface area contributed by atoms with Crippen molar-refractivity contribution in [1.82, 2.24) is 0 Å². The van der Waals surface area contributed by atoms with Gasteiger partial charge < -0.3 is 10.1 Å². The van der Waals surface area contributed by atoms with Crippen molar-refractivity contribution in [2.24, 2.45) is 0 Å². The molecule has 1 amide bonds. The molecular formula is C27H21Cl3N2O4S. The molecule has 0 fully saturated rings. The van der Waals surface area contributed by atoms with E-state index in [1.165, 1.54) is 36.4 Å². The molecular weight excluding hydrogens is 555 g/mol. The first kappa shape index (κ1) is 26.8. The van der Waals surface area contributed by atoms with Gasteiger partial charge in [0.15, 0.2) is 5.75 Å². The van der Waals surface area contributed by atoms with Crippen molar-refractivity contribution in [3.05, 3.63) is 112 Å². The summed E-state index contributed by atoms with van der Waals surface area (Å²) in [7, 11) is -4.14. The zero-order valence-corrected chi connectivity index (χ0v) is 22.6. The third kappa shape index (κ3) is 6.56. The number of hydrogen-bond donors (Lipinski definition) is 1. The lowest BCUT2D eigenvalue weighted by Gasteiger charge is -2.25. The van der Waals surface area contributed by atoms with Gasteiger partial charge >= 0.3 is 0 Å². The van der Waals surface area contributed by atoms with E-state index in [2.05, 4.69) is 5.32 Å². The predicted molar refractivity (Wildman–Crippen MR) is 149 cm³/mol. The SMILES string of the molecule is Cc1ccc(S(=O)(=O)N(CC(=O)Nc2cc(Cl)ccc2Oc2ccccc2)c2ccc(Cl)c(Cl)c2)cc1. The van der Waals surface area contributed by atoms with Crippen LogP contribution in [0, 0.1) is 6.92 Å². The molecule has 4 rings (SSSR count). The standard InChI is InChI=1S/C27H21Cl3N2O4S/c1-18-7-11-22(12-8-18)37(34,35)32(20-10-13-23(29)24(30)16-20)17-27(33)31-25-15-19(28)9-14-26(25)36-21-5-3-2-4-6-21/h2-16H,17H2,1H3,(H,31,33). The number of carbonyl (C=O) groups is 1. The molecule has 1 N–H and O–H groups in total. The molecule has 4 aromatic rings. The smallest absolute Gasteiger partial charge is 0.264 e. The molecule has 0 radical (unpaired) electrons. The number of nitrogens with one attached hydrogen (secondary N) is 1. The maximum absolute atomic E-state index is 13.6. The minimum absolute atomic E-state index is 0.0211. The van der Waals surface area contributed by atoms with Crippen LogP contribution in [0.25, 0.3) is 0 Å². The largest absolute Gasteiger partial charge is 0.455 e. The average Bonchev–Trinajstić information content (AvgIpc) is 2.87. The van der Waals surface area contributed by atoms with E-state index in [9.17, 15) is 13.2 Å². The quantitative estimate of drug-likeness (QED) is 0.235. The van der Waals surface area contributed by atoms with E-state index in [1.54, 1.807) is 36.4 Å². The second kappa shape index (κ2) is 11.4. The first-order valence-electron chi connectivity index (χ1n) is 11.0. The second-order valence-electron chi connectivity index (χ2n) is 8.03. The van der Waals surface area contributed by atoms with Crippen molar-refractivity contribution in [2.75, 3.05) is 16.2 Å². The summed E-state index contributed by atoms with van der Waals surface area (Å²) in [5.41, 5.74) is 1.35. The molecule has 0 aliphatic rings. The van der Waals surface area contributed by atoms with Gasteiger partial charge in [-0.25, -0.2) is 8.42 Å². The molecule has 0 saturated heterocycles. The Bertz CT molecular complexity index is 1530. The van der Waals surface area contributed by atoms with Crippen molar-refractivity contribution in [3.8, 4) is 11.5 Å². The number of hydrogen-bond acceptors (Lipinski definition) is 4. The fourth-order valence-electron chi connectivity index (χ4n) is 3.42. The second-order valence-corrected chi connectivity index (χ2v) is 11.1. The van der Waals surface area contributed by atoms with Crippen LogP contribution in [-0.2, 0) is 14.8 Å². The molecule has 37 heavy (non-hydrogen) atoms. The summed E-state index contributed by atoms with van der Waals surface area (Å²) in [4.78, 5) is 13.2. The van der Waals surface area contributed by atoms with Gasteiger partial charge in [-0.1, -0.05) is 70.7 Å². The van der Waals surface area contributed by atoms with Crippen LogP contribution in [0.4, 0.5) is 11.4 Å². The summed E-state index contributed by atoms with van der Waals surface area (Å²) in [6.45, 7) is 1.30. The predicted octanol–water partition coefficient (Wildman–Crippen LogP) is 7.58. The molecule has 4 aromatic carbocycles. The molecule has 6 nitrogen and oxygen atoms in total. The zero-order chi connectivity index (χ0) is 26.6. The first-order chi connectivity index (χ1) is 17.6. The van der Waals surface area contributed by atoms with Crippen LogP contribution in [0.2, 0.25) is 15.1 Å². The fourth-order valence-corrected chi connectivity index (χ4v) is 5.29. The maximum atomic E-state index is 13.6. The number of carbonyl (C=O) groups excluding carboxylic acids is 1. The molecule has 10 heteroatoms. The lowest BCUT2D eigenvalue weighted by Crippen LogP contribution is -2.38. The number of aryl methyl sites for hydroxylation is 1.